The summed E-state index contributed by atoms with van der Waals surface area (Å²) in [6, 6.07) is 4.22. The van der Waals surface area contributed by atoms with E-state index in [1.165, 1.54) is 0 Å². The van der Waals surface area contributed by atoms with E-state index in [0.29, 0.717) is 12.8 Å². The molecule has 1 heterocycles. The number of carbonyl (C=O) groups is 1. The van der Waals surface area contributed by atoms with E-state index in [4.69, 9.17) is 11.1 Å². The number of rotatable bonds is 1. The van der Waals surface area contributed by atoms with Crippen LogP contribution in [0.15, 0.2) is 11.4 Å². The van der Waals surface area contributed by atoms with Crippen molar-refractivity contribution < 1.29 is 4.79 Å². The summed E-state index contributed by atoms with van der Waals surface area (Å²) in [5.41, 5.74) is 3.25. The van der Waals surface area contributed by atoms with E-state index in [1.807, 2.05) is 11.4 Å². The molecule has 1 aromatic heterocycles. The molecule has 0 radical (unpaired) electrons. The van der Waals surface area contributed by atoms with Crippen molar-refractivity contribution in [3.63, 3.8) is 0 Å². The Kier molecular flexibility index (Phi) is 2.71. The fourth-order valence-corrected chi connectivity index (χ4v) is 3.01. The number of hydrogen-bond donors (Lipinski definition) is 2. The standard InChI is InChI=1S/C10H11N3OS/c11-5-7-3-6(10(14)13-12)4-9-8(7)1-2-15-9/h1-2,6-7H,3-4,12H2,(H,13,14). The Balaban J connectivity index is 2.27. The van der Waals surface area contributed by atoms with Crippen LogP contribution in [0.25, 0.3) is 0 Å². The van der Waals surface area contributed by atoms with Crippen molar-refractivity contribution in [2.45, 2.75) is 18.8 Å². The molecular weight excluding hydrogens is 210 g/mol. The van der Waals surface area contributed by atoms with Crippen molar-refractivity contribution in [1.29, 1.82) is 5.26 Å². The van der Waals surface area contributed by atoms with E-state index < -0.39 is 0 Å². The van der Waals surface area contributed by atoms with E-state index in [9.17, 15) is 4.79 Å². The van der Waals surface area contributed by atoms with Gasteiger partial charge in [-0.05, 0) is 29.9 Å². The van der Waals surface area contributed by atoms with Gasteiger partial charge in [-0.2, -0.15) is 5.26 Å². The van der Waals surface area contributed by atoms with Gasteiger partial charge in [-0.25, -0.2) is 5.84 Å². The number of amides is 1. The molecule has 15 heavy (non-hydrogen) atoms. The number of nitrogens with one attached hydrogen (secondary N) is 1. The average molecular weight is 221 g/mol. The molecule has 0 saturated heterocycles. The number of hydrogen-bond acceptors (Lipinski definition) is 4. The van der Waals surface area contributed by atoms with Crippen LogP contribution in [-0.2, 0) is 11.2 Å². The van der Waals surface area contributed by atoms with Crippen LogP contribution >= 0.6 is 11.3 Å². The molecule has 1 amide bonds. The Labute approximate surface area is 91.7 Å². The Morgan fingerprint density at radius 2 is 2.53 bits per heavy atom. The Bertz CT molecular complexity index is 421. The highest BCUT2D eigenvalue weighted by Crippen LogP contribution is 2.37. The maximum absolute atomic E-state index is 11.4. The third kappa shape index (κ3) is 1.74. The van der Waals surface area contributed by atoms with E-state index in [1.54, 1.807) is 11.3 Å². The lowest BCUT2D eigenvalue weighted by atomic mass is 9.81. The van der Waals surface area contributed by atoms with Crippen molar-refractivity contribution in [3.8, 4) is 6.07 Å². The molecular formula is C10H11N3OS. The van der Waals surface area contributed by atoms with Crippen molar-refractivity contribution in [1.82, 2.24) is 5.43 Å². The minimum absolute atomic E-state index is 0.161. The lowest BCUT2D eigenvalue weighted by Crippen LogP contribution is -2.38. The van der Waals surface area contributed by atoms with Crippen LogP contribution in [0.5, 0.6) is 0 Å². The van der Waals surface area contributed by atoms with Gasteiger partial charge in [-0.15, -0.1) is 11.3 Å². The molecule has 5 heteroatoms. The van der Waals surface area contributed by atoms with Crippen molar-refractivity contribution >= 4 is 17.2 Å². The van der Waals surface area contributed by atoms with Crippen molar-refractivity contribution in [2.24, 2.45) is 11.8 Å². The molecule has 0 aliphatic heterocycles. The fourth-order valence-electron chi connectivity index (χ4n) is 1.99. The molecule has 1 aromatic rings. The molecule has 0 aromatic carbocycles. The highest BCUT2D eigenvalue weighted by atomic mass is 32.1. The van der Waals surface area contributed by atoms with Gasteiger partial charge in [-0.3, -0.25) is 10.2 Å². The minimum Gasteiger partial charge on any atom is -0.294 e. The summed E-state index contributed by atoms with van der Waals surface area (Å²) >= 11 is 1.60. The van der Waals surface area contributed by atoms with Crippen LogP contribution in [0, 0.1) is 17.2 Å². The number of nitrogens with two attached hydrogens (primary N) is 1. The van der Waals surface area contributed by atoms with Gasteiger partial charge in [0.2, 0.25) is 5.91 Å². The number of fused-ring (bicyclic) bond motifs is 1. The first-order valence-electron chi connectivity index (χ1n) is 4.72. The third-order valence-corrected chi connectivity index (χ3v) is 3.74. The van der Waals surface area contributed by atoms with Gasteiger partial charge >= 0.3 is 0 Å². The van der Waals surface area contributed by atoms with Crippen LogP contribution in [0.2, 0.25) is 0 Å². The van der Waals surface area contributed by atoms with Crippen molar-refractivity contribution in [2.75, 3.05) is 0 Å². The lowest BCUT2D eigenvalue weighted by molar-refractivity contribution is -0.125. The predicted octanol–water partition coefficient (Wildman–Crippen LogP) is 0.908. The molecule has 0 saturated carbocycles. The topological polar surface area (TPSA) is 78.9 Å². The van der Waals surface area contributed by atoms with Crippen LogP contribution in [-0.4, -0.2) is 5.91 Å². The van der Waals surface area contributed by atoms with Gasteiger partial charge in [0.25, 0.3) is 0 Å². The summed E-state index contributed by atoms with van der Waals surface area (Å²) in [5.74, 6) is 4.61. The quantitative estimate of drug-likeness (QED) is 0.420. The zero-order valence-corrected chi connectivity index (χ0v) is 8.88. The molecule has 4 nitrogen and oxygen atoms in total. The van der Waals surface area contributed by atoms with Gasteiger partial charge in [0, 0.05) is 10.8 Å². The molecule has 0 spiro atoms. The summed E-state index contributed by atoms with van der Waals surface area (Å²) in [7, 11) is 0. The maximum Gasteiger partial charge on any atom is 0.237 e. The number of carbonyl (C=O) groups excluding carboxylic acids is 1. The van der Waals surface area contributed by atoms with Gasteiger partial charge in [0.15, 0.2) is 0 Å². The first kappa shape index (κ1) is 10.1. The first-order valence-corrected chi connectivity index (χ1v) is 5.60. The van der Waals surface area contributed by atoms with Gasteiger partial charge in [0.05, 0.1) is 12.0 Å². The Hall–Kier alpha value is -1.38. The van der Waals surface area contributed by atoms with Crippen LogP contribution in [0.4, 0.5) is 0 Å². The van der Waals surface area contributed by atoms with Crippen LogP contribution in [0.1, 0.15) is 22.8 Å². The Morgan fingerprint density at radius 3 is 3.20 bits per heavy atom. The monoisotopic (exact) mass is 221 g/mol. The van der Waals surface area contributed by atoms with E-state index in [-0.39, 0.29) is 17.7 Å². The number of thiophene rings is 1. The van der Waals surface area contributed by atoms with Gasteiger partial charge < -0.3 is 0 Å². The molecule has 78 valence electrons. The van der Waals surface area contributed by atoms with Crippen LogP contribution in [0.3, 0.4) is 0 Å². The lowest BCUT2D eigenvalue weighted by Gasteiger charge is -2.23. The average Bonchev–Trinajstić information content (AvgIpc) is 2.74. The third-order valence-electron chi connectivity index (χ3n) is 2.78. The molecule has 2 unspecified atom stereocenters. The fraction of sp³-hybridized carbons (Fsp3) is 0.400. The predicted molar refractivity (Wildman–Crippen MR) is 56.8 cm³/mol. The molecule has 0 bridgehead atoms. The minimum atomic E-state index is -0.172. The summed E-state index contributed by atoms with van der Waals surface area (Å²) < 4.78 is 0. The second-order valence-electron chi connectivity index (χ2n) is 3.63. The largest absolute Gasteiger partial charge is 0.294 e. The zero-order valence-electron chi connectivity index (χ0n) is 8.06. The number of nitriles is 1. The highest BCUT2D eigenvalue weighted by Gasteiger charge is 2.31. The van der Waals surface area contributed by atoms with E-state index >= 15 is 0 Å². The van der Waals surface area contributed by atoms with E-state index in [2.05, 4.69) is 11.5 Å². The summed E-state index contributed by atoms with van der Waals surface area (Å²) in [6.45, 7) is 0. The molecule has 2 rings (SSSR count). The molecule has 1 aliphatic carbocycles. The smallest absolute Gasteiger partial charge is 0.237 e. The Morgan fingerprint density at radius 1 is 1.73 bits per heavy atom. The molecule has 3 N–H and O–H groups in total. The first-order chi connectivity index (χ1) is 7.26. The van der Waals surface area contributed by atoms with Crippen molar-refractivity contribution in [3.05, 3.63) is 21.9 Å². The molecule has 0 fully saturated rings. The molecule has 2 atom stereocenters. The van der Waals surface area contributed by atoms with E-state index in [0.717, 1.165) is 10.4 Å². The van der Waals surface area contributed by atoms with Gasteiger partial charge in [-0.1, -0.05) is 0 Å². The highest BCUT2D eigenvalue weighted by molar-refractivity contribution is 7.10. The summed E-state index contributed by atoms with van der Waals surface area (Å²) in [4.78, 5) is 12.6. The summed E-state index contributed by atoms with van der Waals surface area (Å²) in [5, 5.41) is 11.0. The maximum atomic E-state index is 11.4. The SMILES string of the molecule is N#CC1CC(C(=O)NN)Cc2sccc21. The van der Waals surface area contributed by atoms with Gasteiger partial charge in [0.1, 0.15) is 0 Å². The second-order valence-corrected chi connectivity index (χ2v) is 4.63. The second kappa shape index (κ2) is 4.01. The molecule has 1 aliphatic rings. The summed E-state index contributed by atoms with van der Waals surface area (Å²) in [6.07, 6.45) is 1.28. The normalized spacial score (nSPS) is 24.0. The zero-order chi connectivity index (χ0) is 10.8. The number of hydrazine groups is 1. The van der Waals surface area contributed by atoms with Crippen LogP contribution < -0.4 is 11.3 Å². The number of nitrogens with zero attached hydrogens (tertiary/aromatic N) is 1.